The number of hydrogen-bond acceptors (Lipinski definition) is 6. The normalized spacial score (nSPS) is 12.9. The first-order valence-corrected chi connectivity index (χ1v) is 14.9. The van der Waals surface area contributed by atoms with Crippen molar-refractivity contribution in [3.63, 3.8) is 0 Å². The van der Waals surface area contributed by atoms with Gasteiger partial charge in [-0.05, 0) is 54.5 Å². The van der Waals surface area contributed by atoms with E-state index in [1.54, 1.807) is 30.1 Å². The molecule has 2 aromatic carbocycles. The Kier molecular flexibility index (Phi) is 8.34. The van der Waals surface area contributed by atoms with E-state index in [2.05, 4.69) is 25.8 Å². The minimum Gasteiger partial charge on any atom is -0.484 e. The molecule has 0 aliphatic heterocycles. The van der Waals surface area contributed by atoms with Crippen LogP contribution in [0.1, 0.15) is 27.7 Å². The molecule has 0 aliphatic carbocycles. The van der Waals surface area contributed by atoms with E-state index in [0.717, 1.165) is 11.1 Å². The molecule has 1 heterocycles. The molecule has 0 spiro atoms. The third-order valence-corrected chi connectivity index (χ3v) is 11.4. The average Bonchev–Trinajstić information content (AvgIpc) is 2.84. The highest BCUT2D eigenvalue weighted by Crippen LogP contribution is 2.38. The number of carbonyl (C=O) groups is 1. The Balaban J connectivity index is 1.89. The maximum Gasteiger partial charge on any atom is 0.310 e. The molecule has 0 fully saturated rings. The Hall–Kier alpha value is -3.37. The summed E-state index contributed by atoms with van der Waals surface area (Å²) >= 11 is 0. The van der Waals surface area contributed by atoms with E-state index in [-0.39, 0.29) is 29.0 Å². The first kappa shape index (κ1) is 28.2. The first-order chi connectivity index (χ1) is 17.2. The third-order valence-electron chi connectivity index (χ3n) is 6.85. The Morgan fingerprint density at radius 3 is 2.46 bits per heavy atom. The lowest BCUT2D eigenvalue weighted by molar-refractivity contribution is -0.385. The third kappa shape index (κ3) is 6.50. The van der Waals surface area contributed by atoms with Crippen LogP contribution in [0.25, 0.3) is 22.2 Å². The van der Waals surface area contributed by atoms with Gasteiger partial charge < -0.3 is 14.1 Å². The summed E-state index contributed by atoms with van der Waals surface area (Å²) in [6.07, 6.45) is -0.828. The predicted molar refractivity (Wildman–Crippen MR) is 146 cm³/mol. The van der Waals surface area contributed by atoms with Crippen molar-refractivity contribution in [2.45, 2.75) is 51.9 Å². The molecular weight excluding hydrogens is 493 g/mol. The summed E-state index contributed by atoms with van der Waals surface area (Å²) in [6.45, 7) is 10.8. The van der Waals surface area contributed by atoms with E-state index in [4.69, 9.17) is 9.16 Å². The lowest BCUT2D eigenvalue weighted by Gasteiger charge is -2.38. The average molecular weight is 528 g/mol. The van der Waals surface area contributed by atoms with Gasteiger partial charge in [0.05, 0.1) is 16.1 Å². The first-order valence-electron chi connectivity index (χ1n) is 12.0. The predicted octanol–water partition coefficient (Wildman–Crippen LogP) is 6.53. The molecule has 0 aliphatic rings. The van der Waals surface area contributed by atoms with E-state index in [0.29, 0.717) is 16.8 Å². The molecule has 0 radical (unpaired) electrons. The Morgan fingerprint density at radius 2 is 1.86 bits per heavy atom. The number of pyridine rings is 1. The van der Waals surface area contributed by atoms with Crippen LogP contribution in [0.4, 0.5) is 15.8 Å². The highest BCUT2D eigenvalue weighted by Gasteiger charge is 2.39. The second-order valence-electron chi connectivity index (χ2n) is 10.6. The topological polar surface area (TPSA) is 94.8 Å². The van der Waals surface area contributed by atoms with Crippen molar-refractivity contribution < 1.29 is 23.3 Å². The lowest BCUT2D eigenvalue weighted by atomic mass is 10.1. The smallest absolute Gasteiger partial charge is 0.310 e. The summed E-state index contributed by atoms with van der Waals surface area (Å²) in [5, 5.41) is 12.4. The molecule has 10 heteroatoms. The number of carbonyl (C=O) groups excluding carboxylic acids is 1. The molecular formula is C27H34FN3O5Si. The zero-order chi connectivity index (χ0) is 27.5. The monoisotopic (exact) mass is 527 g/mol. The van der Waals surface area contributed by atoms with Crippen LogP contribution in [0.5, 0.6) is 5.75 Å². The number of fused-ring (bicyclic) bond motifs is 1. The number of alkyl halides is 1. The number of aromatic nitrogens is 1. The number of hydrogen-bond donors (Lipinski definition) is 0. The van der Waals surface area contributed by atoms with Crippen LogP contribution in [0, 0.1) is 10.1 Å². The summed E-state index contributed by atoms with van der Waals surface area (Å²) in [6, 6.07) is 13.7. The number of nitro benzene ring substituents is 1. The molecule has 37 heavy (non-hydrogen) atoms. The number of nitrogens with zero attached hydrogens (tertiary/aromatic N) is 3. The molecule has 0 bridgehead atoms. The fourth-order valence-corrected chi connectivity index (χ4v) is 4.81. The van der Waals surface area contributed by atoms with Gasteiger partial charge in [0.25, 0.3) is 0 Å². The Bertz CT molecular complexity index is 1310. The number of nitro groups is 1. The van der Waals surface area contributed by atoms with Crippen LogP contribution in [-0.4, -0.2) is 50.6 Å². The van der Waals surface area contributed by atoms with Gasteiger partial charge in [-0.3, -0.25) is 14.9 Å². The fourth-order valence-electron chi connectivity index (χ4n) is 3.49. The van der Waals surface area contributed by atoms with Gasteiger partial charge in [0.2, 0.25) is 5.91 Å². The maximum atomic E-state index is 13.8. The fraction of sp³-hybridized carbons (Fsp3) is 0.407. The van der Waals surface area contributed by atoms with Gasteiger partial charge in [-0.15, -0.1) is 0 Å². The summed E-state index contributed by atoms with van der Waals surface area (Å²) < 4.78 is 25.7. The number of amides is 1. The zero-order valence-corrected chi connectivity index (χ0v) is 23.4. The molecule has 0 N–H and O–H groups in total. The number of rotatable bonds is 9. The van der Waals surface area contributed by atoms with Crippen molar-refractivity contribution in [2.75, 3.05) is 25.2 Å². The summed E-state index contributed by atoms with van der Waals surface area (Å²) in [4.78, 5) is 29.0. The highest BCUT2D eigenvalue weighted by atomic mass is 28.4. The van der Waals surface area contributed by atoms with Gasteiger partial charge in [0, 0.05) is 36.7 Å². The number of anilines is 1. The standard InChI is InChI=1S/C27H34FN3O5Si/c1-18(32)30(5)21-10-12-24-19(14-21)8-11-23(29-24)20-9-13-25(31(33)34)26(15-20)35-17-22(16-28)36-37(6,7)27(2,3)4/h8-15,22H,16-17H2,1-7H3. The van der Waals surface area contributed by atoms with Crippen molar-refractivity contribution in [2.24, 2.45) is 0 Å². The van der Waals surface area contributed by atoms with E-state index in [1.165, 1.54) is 13.0 Å². The minimum absolute atomic E-state index is 0.0279. The van der Waals surface area contributed by atoms with Gasteiger partial charge >= 0.3 is 5.69 Å². The molecule has 0 saturated heterocycles. The quantitative estimate of drug-likeness (QED) is 0.178. The van der Waals surface area contributed by atoms with Gasteiger partial charge in [-0.1, -0.05) is 26.8 Å². The van der Waals surface area contributed by atoms with Crippen molar-refractivity contribution in [3.8, 4) is 17.0 Å². The van der Waals surface area contributed by atoms with Crippen molar-refractivity contribution in [1.29, 1.82) is 0 Å². The van der Waals surface area contributed by atoms with Crippen LogP contribution in [0.2, 0.25) is 18.1 Å². The number of halogens is 1. The second-order valence-corrected chi connectivity index (χ2v) is 15.3. The molecule has 1 amide bonds. The molecule has 8 nitrogen and oxygen atoms in total. The summed E-state index contributed by atoms with van der Waals surface area (Å²) in [5.41, 5.74) is 2.46. The number of benzene rings is 2. The van der Waals surface area contributed by atoms with Gasteiger partial charge in [0.15, 0.2) is 14.1 Å². The van der Waals surface area contributed by atoms with Crippen molar-refractivity contribution in [3.05, 3.63) is 58.6 Å². The molecule has 3 rings (SSSR count). The molecule has 1 atom stereocenters. The van der Waals surface area contributed by atoms with E-state index in [1.807, 2.05) is 37.4 Å². The SMILES string of the molecule is CC(=O)N(C)c1ccc2nc(-c3ccc([N+](=O)[O-])c(OCC(CF)O[Si](C)(C)C(C)(C)C)c3)ccc2c1. The Labute approximate surface area is 217 Å². The van der Waals surface area contributed by atoms with E-state index in [9.17, 15) is 19.3 Å². The van der Waals surface area contributed by atoms with Crippen LogP contribution in [0.3, 0.4) is 0 Å². The molecule has 0 saturated carbocycles. The van der Waals surface area contributed by atoms with Crippen LogP contribution >= 0.6 is 0 Å². The maximum absolute atomic E-state index is 13.8. The minimum atomic E-state index is -2.26. The van der Waals surface area contributed by atoms with Gasteiger partial charge in [-0.25, -0.2) is 9.37 Å². The van der Waals surface area contributed by atoms with Crippen molar-refractivity contribution in [1.82, 2.24) is 4.98 Å². The summed E-state index contributed by atoms with van der Waals surface area (Å²) in [5.74, 6) is -0.0489. The van der Waals surface area contributed by atoms with Crippen LogP contribution in [0.15, 0.2) is 48.5 Å². The van der Waals surface area contributed by atoms with E-state index >= 15 is 0 Å². The van der Waals surface area contributed by atoms with Gasteiger partial charge in [0.1, 0.15) is 19.4 Å². The number of ether oxygens (including phenoxy) is 1. The Morgan fingerprint density at radius 1 is 1.16 bits per heavy atom. The lowest BCUT2D eigenvalue weighted by Crippen LogP contribution is -2.46. The van der Waals surface area contributed by atoms with E-state index < -0.39 is 26.0 Å². The molecule has 1 unspecified atom stereocenters. The van der Waals surface area contributed by atoms with Crippen LogP contribution < -0.4 is 9.64 Å². The largest absolute Gasteiger partial charge is 0.484 e. The molecule has 198 valence electrons. The molecule has 1 aromatic heterocycles. The van der Waals surface area contributed by atoms with Gasteiger partial charge in [-0.2, -0.15) is 0 Å². The second kappa shape index (κ2) is 10.9. The van der Waals surface area contributed by atoms with Crippen molar-refractivity contribution >= 4 is 36.5 Å². The summed E-state index contributed by atoms with van der Waals surface area (Å²) in [7, 11) is -0.553. The zero-order valence-electron chi connectivity index (χ0n) is 22.4. The van der Waals surface area contributed by atoms with Crippen LogP contribution in [-0.2, 0) is 9.22 Å². The highest BCUT2D eigenvalue weighted by molar-refractivity contribution is 6.74. The molecule has 3 aromatic rings.